The van der Waals surface area contributed by atoms with Crippen molar-refractivity contribution in [1.82, 2.24) is 0 Å². The Labute approximate surface area is 149 Å². The third kappa shape index (κ3) is 3.74. The number of oxime groups is 1. The summed E-state index contributed by atoms with van der Waals surface area (Å²) >= 11 is 13.0. The normalized spacial score (nSPS) is 10.9. The molecule has 0 aliphatic rings. The lowest BCUT2D eigenvalue weighted by atomic mass is 10.2. The number of hydrogen-bond donors (Lipinski definition) is 1. The molecule has 0 unspecified atom stereocenters. The molecule has 0 aliphatic carbocycles. The second-order valence-electron chi connectivity index (χ2n) is 4.25. The van der Waals surface area contributed by atoms with E-state index in [1.165, 1.54) is 13.3 Å². The fraction of sp³-hybridized carbons (Fsp3) is 0.133. The zero-order valence-electron chi connectivity index (χ0n) is 11.5. The van der Waals surface area contributed by atoms with Gasteiger partial charge in [0.05, 0.1) is 17.8 Å². The predicted octanol–water partition coefficient (Wildman–Crippen LogP) is 5.26. The summed E-state index contributed by atoms with van der Waals surface area (Å²) in [7, 11) is 1.54. The van der Waals surface area contributed by atoms with E-state index in [2.05, 4.69) is 37.0 Å². The van der Waals surface area contributed by atoms with Gasteiger partial charge >= 0.3 is 0 Å². The van der Waals surface area contributed by atoms with Crippen molar-refractivity contribution in [1.29, 1.82) is 0 Å². The van der Waals surface area contributed by atoms with Crippen LogP contribution in [0.3, 0.4) is 0 Å². The molecule has 0 aliphatic heterocycles. The number of hydrogen-bond acceptors (Lipinski definition) is 4. The Balaban J connectivity index is 2.34. The van der Waals surface area contributed by atoms with Crippen LogP contribution in [-0.2, 0) is 6.61 Å². The number of halogens is 3. The maximum absolute atomic E-state index is 8.70. The third-order valence-corrected chi connectivity index (χ3v) is 5.41. The highest BCUT2D eigenvalue weighted by Crippen LogP contribution is 2.42. The second kappa shape index (κ2) is 7.85. The minimum absolute atomic E-state index is 0.300. The molecule has 0 fully saturated rings. The van der Waals surface area contributed by atoms with Gasteiger partial charge < -0.3 is 14.7 Å². The Morgan fingerprint density at radius 1 is 1.27 bits per heavy atom. The van der Waals surface area contributed by atoms with Crippen LogP contribution in [0, 0.1) is 0 Å². The second-order valence-corrected chi connectivity index (χ2v) is 6.24. The highest BCUT2D eigenvalue weighted by Gasteiger charge is 2.17. The molecule has 4 nitrogen and oxygen atoms in total. The Morgan fingerprint density at radius 2 is 2.00 bits per heavy atom. The molecule has 2 aromatic carbocycles. The Kier molecular flexibility index (Phi) is 6.11. The summed E-state index contributed by atoms with van der Waals surface area (Å²) in [5.41, 5.74) is 1.52. The minimum Gasteiger partial charge on any atom is -0.493 e. The molecule has 0 amide bonds. The monoisotopic (exact) mass is 447 g/mol. The number of rotatable bonds is 5. The summed E-state index contributed by atoms with van der Waals surface area (Å²) in [6.45, 7) is 0.300. The standard InChI is InChI=1S/C15H12Br2ClNO3/c1-21-12-6-10(7-19-20)13(16)14(17)15(12)22-8-9-4-2-3-5-11(9)18/h2-7,20H,8H2,1H3. The van der Waals surface area contributed by atoms with Gasteiger partial charge in [-0.3, -0.25) is 0 Å². The molecule has 116 valence electrons. The van der Waals surface area contributed by atoms with Gasteiger partial charge in [0.25, 0.3) is 0 Å². The average Bonchev–Trinajstić information content (AvgIpc) is 2.52. The van der Waals surface area contributed by atoms with Crippen LogP contribution in [-0.4, -0.2) is 18.5 Å². The van der Waals surface area contributed by atoms with Crippen LogP contribution in [0.1, 0.15) is 11.1 Å². The smallest absolute Gasteiger partial charge is 0.177 e. The first kappa shape index (κ1) is 17.1. The van der Waals surface area contributed by atoms with E-state index < -0.39 is 0 Å². The van der Waals surface area contributed by atoms with Crippen LogP contribution in [0.15, 0.2) is 44.4 Å². The maximum atomic E-state index is 8.70. The van der Waals surface area contributed by atoms with Crippen LogP contribution in [0.25, 0.3) is 0 Å². The summed E-state index contributed by atoms with van der Waals surface area (Å²) < 4.78 is 12.5. The molecule has 0 heterocycles. The van der Waals surface area contributed by atoms with E-state index in [0.29, 0.717) is 37.6 Å². The molecule has 0 atom stereocenters. The average molecular weight is 450 g/mol. The topological polar surface area (TPSA) is 51.0 Å². The molecule has 0 spiro atoms. The van der Waals surface area contributed by atoms with Crippen LogP contribution in [0.5, 0.6) is 11.5 Å². The summed E-state index contributed by atoms with van der Waals surface area (Å²) in [5.74, 6) is 1.04. The largest absolute Gasteiger partial charge is 0.493 e. The molecule has 0 radical (unpaired) electrons. The lowest BCUT2D eigenvalue weighted by Gasteiger charge is -2.15. The Morgan fingerprint density at radius 3 is 2.64 bits per heavy atom. The first-order valence-electron chi connectivity index (χ1n) is 6.18. The van der Waals surface area contributed by atoms with Crippen molar-refractivity contribution in [2.24, 2.45) is 5.16 Å². The Bertz CT molecular complexity index is 707. The fourth-order valence-corrected chi connectivity index (χ4v) is 2.94. The molecular formula is C15H12Br2ClNO3. The third-order valence-electron chi connectivity index (χ3n) is 2.90. The summed E-state index contributed by atoms with van der Waals surface area (Å²) in [6, 6.07) is 9.17. The van der Waals surface area contributed by atoms with Crippen LogP contribution in [0.2, 0.25) is 5.02 Å². The van der Waals surface area contributed by atoms with Crippen molar-refractivity contribution in [3.63, 3.8) is 0 Å². The van der Waals surface area contributed by atoms with E-state index in [4.69, 9.17) is 26.3 Å². The van der Waals surface area contributed by atoms with Gasteiger partial charge in [0, 0.05) is 20.6 Å². The molecule has 22 heavy (non-hydrogen) atoms. The molecule has 0 saturated carbocycles. The molecule has 1 N–H and O–H groups in total. The lowest BCUT2D eigenvalue weighted by molar-refractivity contribution is 0.282. The van der Waals surface area contributed by atoms with Crippen molar-refractivity contribution in [3.05, 3.63) is 55.4 Å². The van der Waals surface area contributed by atoms with E-state index >= 15 is 0 Å². The zero-order chi connectivity index (χ0) is 16.1. The van der Waals surface area contributed by atoms with Crippen molar-refractivity contribution in [2.75, 3.05) is 7.11 Å². The van der Waals surface area contributed by atoms with Gasteiger partial charge in [0.1, 0.15) is 6.61 Å². The van der Waals surface area contributed by atoms with E-state index in [9.17, 15) is 0 Å². The molecule has 0 saturated heterocycles. The molecule has 2 aromatic rings. The van der Waals surface area contributed by atoms with Crippen LogP contribution >= 0.6 is 43.5 Å². The van der Waals surface area contributed by atoms with E-state index in [1.807, 2.05) is 24.3 Å². The number of methoxy groups -OCH3 is 1. The quantitative estimate of drug-likeness (QED) is 0.385. The van der Waals surface area contributed by atoms with Gasteiger partial charge in [-0.2, -0.15) is 0 Å². The van der Waals surface area contributed by atoms with Gasteiger partial charge in [0.2, 0.25) is 0 Å². The van der Waals surface area contributed by atoms with Gasteiger partial charge in [-0.1, -0.05) is 35.0 Å². The minimum atomic E-state index is 0.300. The molecule has 2 rings (SSSR count). The Hall–Kier alpha value is -1.24. The first-order valence-corrected chi connectivity index (χ1v) is 8.14. The van der Waals surface area contributed by atoms with Crippen LogP contribution in [0.4, 0.5) is 0 Å². The van der Waals surface area contributed by atoms with Gasteiger partial charge in [-0.05, 0) is 44.0 Å². The van der Waals surface area contributed by atoms with Gasteiger partial charge in [-0.15, -0.1) is 0 Å². The lowest BCUT2D eigenvalue weighted by Crippen LogP contribution is -2.01. The van der Waals surface area contributed by atoms with Crippen LogP contribution < -0.4 is 9.47 Å². The molecule has 7 heteroatoms. The van der Waals surface area contributed by atoms with E-state index in [-0.39, 0.29) is 0 Å². The highest BCUT2D eigenvalue weighted by atomic mass is 79.9. The summed E-state index contributed by atoms with van der Waals surface area (Å²) in [6.07, 6.45) is 1.30. The fourth-order valence-electron chi connectivity index (χ4n) is 1.81. The van der Waals surface area contributed by atoms with Crippen molar-refractivity contribution in [3.8, 4) is 11.5 Å². The molecular weight excluding hydrogens is 437 g/mol. The number of benzene rings is 2. The van der Waals surface area contributed by atoms with Crippen molar-refractivity contribution < 1.29 is 14.7 Å². The van der Waals surface area contributed by atoms with Crippen molar-refractivity contribution >= 4 is 49.7 Å². The van der Waals surface area contributed by atoms with Crippen molar-refractivity contribution in [2.45, 2.75) is 6.61 Å². The molecule has 0 bridgehead atoms. The summed E-state index contributed by atoms with van der Waals surface area (Å²) in [5, 5.41) is 12.4. The SMILES string of the molecule is COc1cc(C=NO)c(Br)c(Br)c1OCc1ccccc1Cl. The van der Waals surface area contributed by atoms with Gasteiger partial charge in [0.15, 0.2) is 11.5 Å². The molecule has 0 aromatic heterocycles. The van der Waals surface area contributed by atoms with E-state index in [1.54, 1.807) is 6.07 Å². The zero-order valence-corrected chi connectivity index (χ0v) is 15.4. The first-order chi connectivity index (χ1) is 10.6. The predicted molar refractivity (Wildman–Crippen MR) is 93.6 cm³/mol. The van der Waals surface area contributed by atoms with E-state index in [0.717, 1.165) is 5.56 Å². The number of nitrogens with zero attached hydrogens (tertiary/aromatic N) is 1. The van der Waals surface area contributed by atoms with Gasteiger partial charge in [-0.25, -0.2) is 0 Å². The summed E-state index contributed by atoms with van der Waals surface area (Å²) in [4.78, 5) is 0. The maximum Gasteiger partial charge on any atom is 0.177 e. The number of ether oxygens (including phenoxy) is 2. The highest BCUT2D eigenvalue weighted by molar-refractivity contribution is 9.13.